The van der Waals surface area contributed by atoms with E-state index in [9.17, 15) is 0 Å². The van der Waals surface area contributed by atoms with E-state index in [0.717, 1.165) is 16.7 Å². The fourth-order valence-electron chi connectivity index (χ4n) is 18.9. The number of benzene rings is 17. The average Bonchev–Trinajstić information content (AvgIpc) is 1.58. The van der Waals surface area contributed by atoms with Gasteiger partial charge in [-0.15, -0.1) is 11.3 Å². The van der Waals surface area contributed by atoms with Crippen molar-refractivity contribution in [3.8, 4) is 55.9 Å². The maximum absolute atomic E-state index is 8.10. The topological polar surface area (TPSA) is 23.0 Å². The predicted molar refractivity (Wildman–Crippen MR) is 605 cm³/mol. The molecule has 0 saturated carbocycles. The fraction of sp³-hybridized carbons (Fsp3) is 0.239. The summed E-state index contributed by atoms with van der Waals surface area (Å²) in [5.41, 5.74) is 29.9. The minimum atomic E-state index is -0.359. The van der Waals surface area contributed by atoms with Crippen LogP contribution in [0.15, 0.2) is 417 Å². The predicted octanol–water partition coefficient (Wildman–Crippen LogP) is 39.3. The molecule has 0 fully saturated rings. The number of hydrogen-bond acceptors (Lipinski definition) is 2. The van der Waals surface area contributed by atoms with Crippen molar-refractivity contribution in [3.05, 3.63) is 457 Å². The van der Waals surface area contributed by atoms with Crippen LogP contribution in [0.3, 0.4) is 0 Å². The molecule has 0 bridgehead atoms. The summed E-state index contributed by atoms with van der Waals surface area (Å²) in [5.74, 6) is 0. The molecule has 0 amide bonds. The highest BCUT2D eigenvalue weighted by molar-refractivity contribution is 7.26. The van der Waals surface area contributed by atoms with E-state index in [0.29, 0.717) is 5.56 Å². The van der Waals surface area contributed by atoms with Gasteiger partial charge in [0.2, 0.25) is 0 Å². The molecule has 21 aromatic rings. The highest BCUT2D eigenvalue weighted by atomic mass is 32.1. The Kier molecular flexibility index (Phi) is 27.3. The molecule has 0 saturated heterocycles. The van der Waals surface area contributed by atoms with Gasteiger partial charge in [0.05, 0.1) is 28.9 Å². The molecule has 0 spiro atoms. The van der Waals surface area contributed by atoms with E-state index in [1.54, 1.807) is 0 Å². The molecule has 4 heteroatoms. The SMILES string of the molecule is CC(C)(C)c1ccc(C(C)(C)C)cc1.CC(C)(C)c1cccc2c3ccccc3n(-c3ccccc3)c12.CC(C)(C)c1cccc2oc3cccc(-c4ccccc4)c3c12.CC(C)(C)c1cccc2sc3cccc(-c4ccccc4)c3c12.CC(C)(C)c1ccccc1-c1ccccc1.CC(C)(C)c1ccccc1-n1c2ccccc2c2ccccc21.[2H]c1c([2H])c([2H])c(-c2ccccc2C(C)(C)C)c([2H])c1[2H]. The smallest absolute Gasteiger partial charge is 0.136 e. The first-order valence-corrected chi connectivity index (χ1v) is 49.6. The summed E-state index contributed by atoms with van der Waals surface area (Å²) in [4.78, 5) is 0. The number of aromatic nitrogens is 2. The van der Waals surface area contributed by atoms with E-state index >= 15 is 0 Å². The van der Waals surface area contributed by atoms with Crippen LogP contribution in [0.2, 0.25) is 0 Å². The number of hydrogen-bond donors (Lipinski definition) is 0. The summed E-state index contributed by atoms with van der Waals surface area (Å²) < 4.78 is 53.2. The Morgan fingerprint density at radius 1 is 0.217 bits per heavy atom. The maximum atomic E-state index is 8.10. The first kappa shape index (κ1) is 92.1. The van der Waals surface area contributed by atoms with Crippen LogP contribution in [-0.4, -0.2) is 9.13 Å². The molecule has 0 aliphatic rings. The molecule has 17 aromatic carbocycles. The van der Waals surface area contributed by atoms with E-state index in [2.05, 4.69) is 512 Å². The highest BCUT2D eigenvalue weighted by Gasteiger charge is 2.29. The maximum Gasteiger partial charge on any atom is 0.136 e. The Morgan fingerprint density at radius 3 is 0.993 bits per heavy atom. The molecule has 0 aliphatic carbocycles. The Bertz CT molecular complexity index is 7760. The molecule has 4 heterocycles. The third-order valence-electron chi connectivity index (χ3n) is 25.8. The highest BCUT2D eigenvalue weighted by Crippen LogP contribution is 2.48. The van der Waals surface area contributed by atoms with Gasteiger partial charge >= 0.3 is 0 Å². The lowest BCUT2D eigenvalue weighted by Gasteiger charge is -2.24. The lowest BCUT2D eigenvalue weighted by atomic mass is 9.82. The molecule has 0 atom stereocenters. The molecule has 0 unspecified atom stereocenters. The van der Waals surface area contributed by atoms with Gasteiger partial charge in [0.15, 0.2) is 0 Å². The molecule has 0 radical (unpaired) electrons. The summed E-state index contributed by atoms with van der Waals surface area (Å²) >= 11 is 1.90. The number of thiophene rings is 1. The molecule has 3 nitrogen and oxygen atoms in total. The van der Waals surface area contributed by atoms with Crippen LogP contribution in [0.25, 0.3) is 142 Å². The second-order valence-corrected chi connectivity index (χ2v) is 45.5. The number of para-hydroxylation sites is 6. The molecular weight excluding hydrogens is 1690 g/mol. The van der Waals surface area contributed by atoms with E-state index in [4.69, 9.17) is 11.3 Å². The first-order chi connectivity index (χ1) is 67.7. The Hall–Kier alpha value is -13.6. The van der Waals surface area contributed by atoms with E-state index in [-0.39, 0.29) is 79.1 Å². The number of furan rings is 1. The van der Waals surface area contributed by atoms with Crippen LogP contribution in [0.4, 0.5) is 0 Å². The van der Waals surface area contributed by atoms with Crippen LogP contribution in [-0.2, 0) is 43.3 Å². The third-order valence-corrected chi connectivity index (χ3v) is 26.9. The monoisotopic (exact) mass is 1830 g/mol. The molecular formula is C134H140N2OS. The van der Waals surface area contributed by atoms with Crippen molar-refractivity contribution in [1.82, 2.24) is 9.13 Å². The normalized spacial score (nSPS) is 12.6. The van der Waals surface area contributed by atoms with Crippen LogP contribution in [0, 0.1) is 0 Å². The first-order valence-electron chi connectivity index (χ1n) is 51.3. The zero-order chi connectivity index (χ0) is 103. The summed E-state index contributed by atoms with van der Waals surface area (Å²) in [6.07, 6.45) is 0. The van der Waals surface area contributed by atoms with Crippen molar-refractivity contribution in [2.75, 3.05) is 0 Å². The van der Waals surface area contributed by atoms with Crippen LogP contribution >= 0.6 is 11.3 Å². The lowest BCUT2D eigenvalue weighted by molar-refractivity contribution is 0.577. The fourth-order valence-corrected chi connectivity index (χ4v) is 20.0. The van der Waals surface area contributed by atoms with Gasteiger partial charge in [0.1, 0.15) is 11.2 Å². The zero-order valence-electron chi connectivity index (χ0n) is 90.6. The summed E-state index contributed by atoms with van der Waals surface area (Å²) in [7, 11) is 0. The van der Waals surface area contributed by atoms with E-state index < -0.39 is 0 Å². The Labute approximate surface area is 834 Å². The molecule has 698 valence electrons. The lowest BCUT2D eigenvalue weighted by Crippen LogP contribution is -2.15. The standard InChI is InChI=1S/2C22H21N.C22H20O.C22H20S.2C16H18.C14H22/c1-22(2,3)18-12-6-9-15-21(18)23-19-13-7-4-10-16(19)17-11-5-8-14-20(17)23;1-22(2,3)19-14-9-13-18-17-12-7-8-15-20(17)23(21(18)19)16-10-5-4-6-11-16;2*1-22(2,3)17-12-8-14-19-21(17)20-16(11-7-13-18(20)23-19)15-9-5-4-6-10-15;2*1-16(2,3)15-12-8-7-11-14(15)13-9-5-4-6-10-13;1-13(2,3)11-7-9-12(10-8-11)14(4,5)6/h2*4-15H,1-3H3;2*4-14H,1-3H3;2*4-12H,1-3H3;7-10H,1-6H3/i;;;;4D,5D,6D,9D,10D;;. The van der Waals surface area contributed by atoms with Gasteiger partial charge < -0.3 is 13.6 Å². The molecule has 0 aliphatic heterocycles. The second kappa shape index (κ2) is 41.0. The largest absolute Gasteiger partial charge is 0.456 e. The minimum absolute atomic E-state index is 0.0696. The van der Waals surface area contributed by atoms with E-state index in [1.807, 2.05) is 56.4 Å². The summed E-state index contributed by atoms with van der Waals surface area (Å²) in [6, 6.07) is 134. The van der Waals surface area contributed by atoms with Gasteiger partial charge in [-0.2, -0.15) is 0 Å². The van der Waals surface area contributed by atoms with Crippen LogP contribution in [0.5, 0.6) is 0 Å². The molecule has 21 rings (SSSR count). The van der Waals surface area contributed by atoms with Crippen molar-refractivity contribution < 1.29 is 11.3 Å². The van der Waals surface area contributed by atoms with Gasteiger partial charge in [-0.25, -0.2) is 0 Å². The summed E-state index contributed by atoms with van der Waals surface area (Å²) in [6.45, 7) is 53.8. The number of fused-ring (bicyclic) bond motifs is 12. The van der Waals surface area contributed by atoms with Gasteiger partial charge in [0, 0.05) is 63.9 Å². The van der Waals surface area contributed by atoms with Crippen molar-refractivity contribution >= 4 is 97.1 Å². The van der Waals surface area contributed by atoms with Gasteiger partial charge in [-0.05, 0) is 193 Å². The van der Waals surface area contributed by atoms with Gasteiger partial charge in [-0.1, -0.05) is 518 Å². The van der Waals surface area contributed by atoms with Crippen LogP contribution < -0.4 is 0 Å². The molecule has 138 heavy (non-hydrogen) atoms. The molecule has 0 N–H and O–H groups in total. The van der Waals surface area contributed by atoms with Crippen molar-refractivity contribution in [1.29, 1.82) is 0 Å². The average molecular weight is 1830 g/mol. The second-order valence-electron chi connectivity index (χ2n) is 44.5. The Morgan fingerprint density at radius 2 is 0.529 bits per heavy atom. The van der Waals surface area contributed by atoms with Crippen LogP contribution in [0.1, 0.15) is 218 Å². The van der Waals surface area contributed by atoms with Crippen molar-refractivity contribution in [3.63, 3.8) is 0 Å². The Balaban J connectivity index is 0.000000127. The minimum Gasteiger partial charge on any atom is -0.456 e. The zero-order valence-corrected chi connectivity index (χ0v) is 86.4. The number of nitrogens with zero attached hydrogens (tertiary/aromatic N) is 2. The van der Waals surface area contributed by atoms with Gasteiger partial charge in [0.25, 0.3) is 0 Å². The third kappa shape index (κ3) is 22.3. The summed E-state index contributed by atoms with van der Waals surface area (Å²) in [5, 5.41) is 10.6. The molecule has 4 aromatic heterocycles. The quantitative estimate of drug-likeness (QED) is 0.163. The van der Waals surface area contributed by atoms with Crippen molar-refractivity contribution in [2.45, 2.75) is 209 Å². The number of rotatable bonds is 6. The van der Waals surface area contributed by atoms with Gasteiger partial charge in [-0.3, -0.25) is 0 Å². The van der Waals surface area contributed by atoms with Crippen molar-refractivity contribution in [2.24, 2.45) is 0 Å². The van der Waals surface area contributed by atoms with E-state index in [1.165, 1.54) is 158 Å².